The van der Waals surface area contributed by atoms with Crippen LogP contribution in [0.4, 0.5) is 11.4 Å². The number of hydrogen-bond acceptors (Lipinski definition) is 4. The predicted octanol–water partition coefficient (Wildman–Crippen LogP) is 5.88. The Morgan fingerprint density at radius 2 is 1.90 bits per heavy atom. The molecule has 5 nitrogen and oxygen atoms in total. The Bertz CT molecular complexity index is 1100. The highest BCUT2D eigenvalue weighted by Crippen LogP contribution is 2.45. The van der Waals surface area contributed by atoms with Gasteiger partial charge in [0.1, 0.15) is 11.1 Å². The van der Waals surface area contributed by atoms with Gasteiger partial charge in [-0.25, -0.2) is 0 Å². The van der Waals surface area contributed by atoms with Crippen LogP contribution in [0.25, 0.3) is 0 Å². The third kappa shape index (κ3) is 4.78. The molecule has 3 aromatic carbocycles. The fourth-order valence-corrected chi connectivity index (χ4v) is 4.86. The van der Waals surface area contributed by atoms with Crippen LogP contribution in [0, 0.1) is 0 Å². The molecule has 0 saturated carbocycles. The zero-order chi connectivity index (χ0) is 21.8. The molecule has 1 atom stereocenters. The van der Waals surface area contributed by atoms with Crippen LogP contribution in [0.15, 0.2) is 77.3 Å². The summed E-state index contributed by atoms with van der Waals surface area (Å²) in [6.07, 6.45) is 0. The molecule has 31 heavy (non-hydrogen) atoms. The van der Waals surface area contributed by atoms with Crippen molar-refractivity contribution in [3.8, 4) is 5.75 Å². The van der Waals surface area contributed by atoms with Crippen molar-refractivity contribution in [3.05, 3.63) is 88.4 Å². The number of benzene rings is 3. The maximum atomic E-state index is 12.8. The van der Waals surface area contributed by atoms with Crippen molar-refractivity contribution in [1.29, 1.82) is 0 Å². The molecule has 1 heterocycles. The molecule has 0 radical (unpaired) electrons. The lowest BCUT2D eigenvalue weighted by Crippen LogP contribution is -2.28. The van der Waals surface area contributed by atoms with Gasteiger partial charge in [0.15, 0.2) is 0 Å². The van der Waals surface area contributed by atoms with Gasteiger partial charge in [-0.15, -0.1) is 11.8 Å². The van der Waals surface area contributed by atoms with E-state index >= 15 is 0 Å². The zero-order valence-corrected chi connectivity index (χ0v) is 19.3. The molecule has 1 saturated heterocycles. The summed E-state index contributed by atoms with van der Waals surface area (Å²) >= 11 is 4.94. The standard InChI is InChI=1S/C24H21BrN2O3S/c1-2-30-21-9-4-3-8-20(21)27-22(28)15-31-24(27)17-6-5-7-19(14-17)26-23(29)16-10-12-18(25)13-11-16/h3-14,24H,2,15H2,1H3,(H,26,29). The van der Waals surface area contributed by atoms with Crippen molar-refractivity contribution >= 4 is 50.9 Å². The summed E-state index contributed by atoms with van der Waals surface area (Å²) in [5.74, 6) is 0.927. The molecular weight excluding hydrogens is 476 g/mol. The second-order valence-corrected chi connectivity index (χ2v) is 8.90. The van der Waals surface area contributed by atoms with Gasteiger partial charge >= 0.3 is 0 Å². The van der Waals surface area contributed by atoms with Gasteiger partial charge in [-0.1, -0.05) is 40.2 Å². The molecule has 1 N–H and O–H groups in total. The minimum absolute atomic E-state index is 0.0338. The van der Waals surface area contributed by atoms with E-state index in [0.29, 0.717) is 29.4 Å². The molecule has 2 amide bonds. The number of hydrogen-bond donors (Lipinski definition) is 1. The van der Waals surface area contributed by atoms with Crippen molar-refractivity contribution in [2.75, 3.05) is 22.6 Å². The topological polar surface area (TPSA) is 58.6 Å². The lowest BCUT2D eigenvalue weighted by atomic mass is 10.1. The first kappa shape index (κ1) is 21.5. The van der Waals surface area contributed by atoms with Gasteiger partial charge in [-0.3, -0.25) is 14.5 Å². The Hall–Kier alpha value is -2.77. The highest BCUT2D eigenvalue weighted by Gasteiger charge is 2.35. The minimum Gasteiger partial charge on any atom is -0.492 e. The number of nitrogens with one attached hydrogen (secondary N) is 1. The molecule has 0 bridgehead atoms. The van der Waals surface area contributed by atoms with Crippen LogP contribution in [0.2, 0.25) is 0 Å². The molecule has 3 aromatic rings. The Morgan fingerprint density at radius 1 is 1.13 bits per heavy atom. The first-order valence-electron chi connectivity index (χ1n) is 9.89. The number of carbonyl (C=O) groups is 2. The summed E-state index contributed by atoms with van der Waals surface area (Å²) in [4.78, 5) is 27.1. The fraction of sp³-hybridized carbons (Fsp3) is 0.167. The van der Waals surface area contributed by atoms with Crippen molar-refractivity contribution < 1.29 is 14.3 Å². The molecule has 0 aliphatic carbocycles. The fourth-order valence-electron chi connectivity index (χ4n) is 3.44. The van der Waals surface area contributed by atoms with E-state index in [2.05, 4.69) is 21.2 Å². The molecule has 1 unspecified atom stereocenters. The van der Waals surface area contributed by atoms with Gasteiger partial charge in [-0.05, 0) is 61.0 Å². The van der Waals surface area contributed by atoms with E-state index in [1.165, 1.54) is 0 Å². The number of amides is 2. The molecular formula is C24H21BrN2O3S. The minimum atomic E-state index is -0.196. The van der Waals surface area contributed by atoms with E-state index in [1.807, 2.05) is 67.6 Å². The normalized spacial score (nSPS) is 15.7. The Balaban J connectivity index is 1.60. The lowest BCUT2D eigenvalue weighted by molar-refractivity contribution is -0.115. The van der Waals surface area contributed by atoms with Gasteiger partial charge < -0.3 is 10.1 Å². The molecule has 158 valence electrons. The maximum Gasteiger partial charge on any atom is 0.255 e. The molecule has 4 rings (SSSR count). The first-order chi connectivity index (χ1) is 15.1. The molecule has 1 fully saturated rings. The van der Waals surface area contributed by atoms with Crippen molar-refractivity contribution in [3.63, 3.8) is 0 Å². The Labute approximate surface area is 193 Å². The number of nitrogens with zero attached hydrogens (tertiary/aromatic N) is 1. The van der Waals surface area contributed by atoms with Crippen LogP contribution in [0.5, 0.6) is 5.75 Å². The van der Waals surface area contributed by atoms with Crippen molar-refractivity contribution in [2.45, 2.75) is 12.3 Å². The SMILES string of the molecule is CCOc1ccccc1N1C(=O)CSC1c1cccc(NC(=O)c2ccc(Br)cc2)c1. The van der Waals surface area contributed by atoms with Crippen LogP contribution < -0.4 is 15.0 Å². The van der Waals surface area contributed by atoms with E-state index in [9.17, 15) is 9.59 Å². The summed E-state index contributed by atoms with van der Waals surface area (Å²) in [7, 11) is 0. The number of carbonyl (C=O) groups excluding carboxylic acids is 2. The summed E-state index contributed by atoms with van der Waals surface area (Å²) in [6.45, 7) is 2.45. The number of halogens is 1. The molecule has 7 heteroatoms. The maximum absolute atomic E-state index is 12.8. The van der Waals surface area contributed by atoms with Crippen LogP contribution in [0.1, 0.15) is 28.2 Å². The number of thioether (sulfide) groups is 1. The summed E-state index contributed by atoms with van der Waals surface area (Å²) in [5.41, 5.74) is 2.96. The Morgan fingerprint density at radius 3 is 2.68 bits per heavy atom. The third-order valence-corrected chi connectivity index (χ3v) is 6.57. The average molecular weight is 497 g/mol. The largest absolute Gasteiger partial charge is 0.492 e. The number of ether oxygens (including phenoxy) is 1. The van der Waals surface area contributed by atoms with Gasteiger partial charge in [0.2, 0.25) is 5.91 Å². The van der Waals surface area contributed by atoms with Gasteiger partial charge in [-0.2, -0.15) is 0 Å². The number of para-hydroxylation sites is 2. The highest BCUT2D eigenvalue weighted by atomic mass is 79.9. The van der Waals surface area contributed by atoms with Crippen LogP contribution >= 0.6 is 27.7 Å². The molecule has 1 aliphatic rings. The summed E-state index contributed by atoms with van der Waals surface area (Å²) in [5, 5.41) is 2.75. The Kier molecular flexibility index (Phi) is 6.63. The van der Waals surface area contributed by atoms with Crippen molar-refractivity contribution in [2.24, 2.45) is 0 Å². The molecule has 0 aromatic heterocycles. The molecule has 0 spiro atoms. The van der Waals surface area contributed by atoms with Gasteiger partial charge in [0.25, 0.3) is 5.91 Å². The van der Waals surface area contributed by atoms with Crippen LogP contribution in [-0.4, -0.2) is 24.2 Å². The van der Waals surface area contributed by atoms with E-state index in [4.69, 9.17) is 4.74 Å². The monoisotopic (exact) mass is 496 g/mol. The van der Waals surface area contributed by atoms with Crippen LogP contribution in [0.3, 0.4) is 0 Å². The van der Waals surface area contributed by atoms with E-state index < -0.39 is 0 Å². The smallest absolute Gasteiger partial charge is 0.255 e. The van der Waals surface area contributed by atoms with Gasteiger partial charge in [0.05, 0.1) is 18.0 Å². The van der Waals surface area contributed by atoms with E-state index in [1.54, 1.807) is 28.8 Å². The van der Waals surface area contributed by atoms with E-state index in [0.717, 1.165) is 15.7 Å². The predicted molar refractivity (Wildman–Crippen MR) is 129 cm³/mol. The van der Waals surface area contributed by atoms with E-state index in [-0.39, 0.29) is 17.2 Å². The second-order valence-electron chi connectivity index (χ2n) is 6.91. The highest BCUT2D eigenvalue weighted by molar-refractivity contribution is 9.10. The van der Waals surface area contributed by atoms with Crippen molar-refractivity contribution in [1.82, 2.24) is 0 Å². The molecule has 1 aliphatic heterocycles. The number of rotatable bonds is 6. The number of anilines is 2. The quantitative estimate of drug-likeness (QED) is 0.462. The average Bonchev–Trinajstić information content (AvgIpc) is 3.16. The van der Waals surface area contributed by atoms with Gasteiger partial charge in [0, 0.05) is 15.7 Å². The second kappa shape index (κ2) is 9.58. The summed E-state index contributed by atoms with van der Waals surface area (Å²) in [6, 6.07) is 22.4. The lowest BCUT2D eigenvalue weighted by Gasteiger charge is -2.26. The summed E-state index contributed by atoms with van der Waals surface area (Å²) < 4.78 is 6.67. The van der Waals surface area contributed by atoms with Crippen LogP contribution in [-0.2, 0) is 4.79 Å². The first-order valence-corrected chi connectivity index (χ1v) is 11.7. The zero-order valence-electron chi connectivity index (χ0n) is 16.9. The third-order valence-electron chi connectivity index (χ3n) is 4.83.